The summed E-state index contributed by atoms with van der Waals surface area (Å²) < 4.78 is 31.1. The zero-order valence-corrected chi connectivity index (χ0v) is 16.7. The number of aryl methyl sites for hydroxylation is 2. The fourth-order valence-corrected chi connectivity index (χ4v) is 5.18. The Morgan fingerprint density at radius 2 is 1.96 bits per heavy atom. The molecular weight excluding hydrogens is 354 g/mol. The molecule has 1 aliphatic rings. The molecule has 0 atom stereocenters. The number of hydrogen-bond acceptors (Lipinski definition) is 5. The molecule has 0 spiro atoms. The van der Waals surface area contributed by atoms with Gasteiger partial charge in [0.25, 0.3) is 5.56 Å². The highest BCUT2D eigenvalue weighted by Gasteiger charge is 2.34. The maximum absolute atomic E-state index is 13.3. The third-order valence-corrected chi connectivity index (χ3v) is 6.80. The van der Waals surface area contributed by atoms with E-state index in [1.165, 1.54) is 15.2 Å². The van der Waals surface area contributed by atoms with Crippen molar-refractivity contribution in [3.8, 4) is 0 Å². The predicted molar refractivity (Wildman–Crippen MR) is 97.3 cm³/mol. The molecule has 0 amide bonds. The summed E-state index contributed by atoms with van der Waals surface area (Å²) in [4.78, 5) is 16.7. The first kappa shape index (κ1) is 18.8. The van der Waals surface area contributed by atoms with Crippen LogP contribution in [0.5, 0.6) is 0 Å². The highest BCUT2D eigenvalue weighted by Crippen LogP contribution is 2.27. The molecule has 9 heteroatoms. The van der Waals surface area contributed by atoms with Crippen molar-refractivity contribution < 1.29 is 8.42 Å². The van der Waals surface area contributed by atoms with Crippen molar-refractivity contribution in [3.05, 3.63) is 39.3 Å². The average molecular weight is 379 g/mol. The predicted octanol–water partition coefficient (Wildman–Crippen LogP) is 0.997. The van der Waals surface area contributed by atoms with Gasteiger partial charge >= 0.3 is 0 Å². The third-order valence-electron chi connectivity index (χ3n) is 4.70. The van der Waals surface area contributed by atoms with Crippen molar-refractivity contribution in [2.45, 2.75) is 52.1 Å². The zero-order valence-electron chi connectivity index (χ0n) is 15.9. The van der Waals surface area contributed by atoms with Gasteiger partial charge in [-0.05, 0) is 26.2 Å². The van der Waals surface area contributed by atoms with E-state index < -0.39 is 10.0 Å². The average Bonchev–Trinajstić information content (AvgIpc) is 2.84. The fraction of sp³-hybridized carbons (Fsp3) is 0.588. The van der Waals surface area contributed by atoms with Gasteiger partial charge in [0, 0.05) is 25.7 Å². The van der Waals surface area contributed by atoms with Crippen LogP contribution in [0.4, 0.5) is 0 Å². The molecule has 0 fully saturated rings. The van der Waals surface area contributed by atoms with Gasteiger partial charge in [0.15, 0.2) is 0 Å². The Labute approximate surface area is 153 Å². The van der Waals surface area contributed by atoms with E-state index >= 15 is 0 Å². The van der Waals surface area contributed by atoms with Gasteiger partial charge in [-0.1, -0.05) is 13.8 Å². The van der Waals surface area contributed by atoms with Gasteiger partial charge in [-0.15, -0.1) is 0 Å². The largest absolute Gasteiger partial charge is 0.302 e. The Balaban J connectivity index is 1.98. The maximum Gasteiger partial charge on any atom is 0.256 e. The third kappa shape index (κ3) is 3.09. The summed E-state index contributed by atoms with van der Waals surface area (Å²) in [6.45, 7) is 8.70. The van der Waals surface area contributed by atoms with Gasteiger partial charge in [-0.2, -0.15) is 9.40 Å². The zero-order chi connectivity index (χ0) is 19.2. The van der Waals surface area contributed by atoms with E-state index in [0.29, 0.717) is 41.5 Å². The van der Waals surface area contributed by atoms with Crippen LogP contribution in [0.3, 0.4) is 0 Å². The molecule has 0 radical (unpaired) electrons. The topological polar surface area (TPSA) is 90.1 Å². The maximum atomic E-state index is 13.3. The fourth-order valence-electron chi connectivity index (χ4n) is 3.40. The summed E-state index contributed by atoms with van der Waals surface area (Å²) in [7, 11) is -2.06. The Bertz CT molecular complexity index is 1000. The molecule has 3 heterocycles. The molecule has 142 valence electrons. The molecule has 0 N–H and O–H groups in total. The van der Waals surface area contributed by atoms with Crippen LogP contribution in [-0.4, -0.2) is 38.6 Å². The molecule has 0 saturated carbocycles. The SMILES string of the molecule is Cc1nn(CC(C)C)c(C)c1S(=O)(=O)N1CCc2c(ncn(C)c2=O)C1. The van der Waals surface area contributed by atoms with E-state index in [1.54, 1.807) is 25.6 Å². The van der Waals surface area contributed by atoms with Crippen LogP contribution in [0.25, 0.3) is 0 Å². The molecule has 1 aliphatic heterocycles. The van der Waals surface area contributed by atoms with Gasteiger partial charge in [0.1, 0.15) is 4.90 Å². The van der Waals surface area contributed by atoms with Gasteiger partial charge in [-0.25, -0.2) is 13.4 Å². The van der Waals surface area contributed by atoms with Crippen LogP contribution in [0, 0.1) is 19.8 Å². The first-order valence-electron chi connectivity index (χ1n) is 8.70. The van der Waals surface area contributed by atoms with E-state index in [-0.39, 0.29) is 23.5 Å². The lowest BCUT2D eigenvalue weighted by molar-refractivity contribution is 0.381. The second-order valence-electron chi connectivity index (χ2n) is 7.25. The minimum atomic E-state index is -3.70. The lowest BCUT2D eigenvalue weighted by atomic mass is 10.1. The van der Waals surface area contributed by atoms with Crippen LogP contribution >= 0.6 is 0 Å². The van der Waals surface area contributed by atoms with Gasteiger partial charge in [-0.3, -0.25) is 9.48 Å². The molecule has 3 rings (SSSR count). The summed E-state index contributed by atoms with van der Waals surface area (Å²) in [6, 6.07) is 0. The van der Waals surface area contributed by atoms with Crippen molar-refractivity contribution in [2.24, 2.45) is 13.0 Å². The lowest BCUT2D eigenvalue weighted by Gasteiger charge is -2.27. The first-order chi connectivity index (χ1) is 12.1. The number of fused-ring (bicyclic) bond motifs is 1. The summed E-state index contributed by atoms with van der Waals surface area (Å²) in [6.07, 6.45) is 1.81. The van der Waals surface area contributed by atoms with Crippen molar-refractivity contribution in [2.75, 3.05) is 6.54 Å². The van der Waals surface area contributed by atoms with Crippen molar-refractivity contribution >= 4 is 10.0 Å². The first-order valence-corrected chi connectivity index (χ1v) is 10.1. The standard InChI is InChI=1S/C17H25N5O3S/c1-11(2)8-22-13(4)16(12(3)19-22)26(24,25)21-7-6-14-15(9-21)18-10-20(5)17(14)23/h10-11H,6-9H2,1-5H3. The molecule has 0 unspecified atom stereocenters. The molecule has 2 aromatic heterocycles. The highest BCUT2D eigenvalue weighted by molar-refractivity contribution is 7.89. The Kier molecular flexibility index (Phi) is 4.78. The normalized spacial score (nSPS) is 15.5. The monoisotopic (exact) mass is 379 g/mol. The minimum absolute atomic E-state index is 0.107. The highest BCUT2D eigenvalue weighted by atomic mass is 32.2. The van der Waals surface area contributed by atoms with Crippen molar-refractivity contribution in [1.82, 2.24) is 23.6 Å². The second kappa shape index (κ2) is 6.62. The molecule has 0 saturated heterocycles. The number of sulfonamides is 1. The molecule has 2 aromatic rings. The summed E-state index contributed by atoms with van der Waals surface area (Å²) in [5.41, 5.74) is 2.19. The Morgan fingerprint density at radius 1 is 1.27 bits per heavy atom. The number of hydrogen-bond donors (Lipinski definition) is 0. The van der Waals surface area contributed by atoms with Crippen molar-refractivity contribution in [3.63, 3.8) is 0 Å². The number of nitrogens with zero attached hydrogens (tertiary/aromatic N) is 5. The van der Waals surface area contributed by atoms with E-state index in [9.17, 15) is 13.2 Å². The molecule has 26 heavy (non-hydrogen) atoms. The van der Waals surface area contributed by atoms with Gasteiger partial charge < -0.3 is 4.57 Å². The van der Waals surface area contributed by atoms with Crippen LogP contribution in [0.1, 0.15) is 36.5 Å². The van der Waals surface area contributed by atoms with Crippen molar-refractivity contribution in [1.29, 1.82) is 0 Å². The minimum Gasteiger partial charge on any atom is -0.302 e. The summed E-state index contributed by atoms with van der Waals surface area (Å²) >= 11 is 0. The molecule has 0 aromatic carbocycles. The van der Waals surface area contributed by atoms with E-state index in [1.807, 2.05) is 0 Å². The van der Waals surface area contributed by atoms with Crippen LogP contribution in [0.15, 0.2) is 16.0 Å². The molecule has 0 aliphatic carbocycles. The number of aromatic nitrogens is 4. The van der Waals surface area contributed by atoms with Gasteiger partial charge in [0.05, 0.1) is 30.0 Å². The molecule has 0 bridgehead atoms. The van der Waals surface area contributed by atoms with Gasteiger partial charge in [0.2, 0.25) is 10.0 Å². The van der Waals surface area contributed by atoms with Crippen LogP contribution in [0.2, 0.25) is 0 Å². The van der Waals surface area contributed by atoms with Crippen LogP contribution in [-0.2, 0) is 36.6 Å². The molecular formula is C17H25N5O3S. The van der Waals surface area contributed by atoms with E-state index in [4.69, 9.17) is 0 Å². The smallest absolute Gasteiger partial charge is 0.256 e. The second-order valence-corrected chi connectivity index (χ2v) is 9.13. The van der Waals surface area contributed by atoms with E-state index in [2.05, 4.69) is 23.9 Å². The van der Waals surface area contributed by atoms with Crippen LogP contribution < -0.4 is 5.56 Å². The lowest BCUT2D eigenvalue weighted by Crippen LogP contribution is -2.40. The van der Waals surface area contributed by atoms with E-state index in [0.717, 1.165) is 0 Å². The molecule has 8 nitrogen and oxygen atoms in total. The Hall–Kier alpha value is -2.00. The Morgan fingerprint density at radius 3 is 2.62 bits per heavy atom. The quantitative estimate of drug-likeness (QED) is 0.790. The number of rotatable bonds is 4. The summed E-state index contributed by atoms with van der Waals surface area (Å²) in [5, 5.41) is 4.42. The summed E-state index contributed by atoms with van der Waals surface area (Å²) in [5.74, 6) is 0.367.